The highest BCUT2D eigenvalue weighted by atomic mass is 16.5. The van der Waals surface area contributed by atoms with Gasteiger partial charge in [-0.25, -0.2) is 4.79 Å². The average molecular weight is 309 g/mol. The van der Waals surface area contributed by atoms with E-state index in [4.69, 9.17) is 16.2 Å². The Morgan fingerprint density at radius 3 is 2.39 bits per heavy atom. The fourth-order valence-electron chi connectivity index (χ4n) is 2.59. The minimum Gasteiger partial charge on any atom is -0.445 e. The number of primary amides is 1. The van der Waals surface area contributed by atoms with Crippen molar-refractivity contribution in [3.05, 3.63) is 71.4 Å². The van der Waals surface area contributed by atoms with Crippen LogP contribution in [0.3, 0.4) is 0 Å². The number of rotatable bonds is 5. The number of hydrogen-bond donors (Lipinski definition) is 2. The van der Waals surface area contributed by atoms with Gasteiger partial charge in [0, 0.05) is 24.8 Å². The number of hydrogen-bond acceptors (Lipinski definition) is 3. The summed E-state index contributed by atoms with van der Waals surface area (Å²) >= 11 is 0. The molecule has 0 saturated carbocycles. The summed E-state index contributed by atoms with van der Waals surface area (Å²) in [5.41, 5.74) is 15.1. The van der Waals surface area contributed by atoms with Gasteiger partial charge < -0.3 is 20.8 Å². The van der Waals surface area contributed by atoms with Crippen LogP contribution >= 0.6 is 0 Å². The van der Waals surface area contributed by atoms with E-state index in [2.05, 4.69) is 35.0 Å². The first kappa shape index (κ1) is 15.1. The van der Waals surface area contributed by atoms with Crippen LogP contribution in [0.2, 0.25) is 0 Å². The molecule has 0 bridgehead atoms. The van der Waals surface area contributed by atoms with Gasteiger partial charge in [-0.3, -0.25) is 0 Å². The lowest BCUT2D eigenvalue weighted by Crippen LogP contribution is -2.12. The Bertz CT molecular complexity index is 822. The molecule has 0 unspecified atom stereocenters. The zero-order valence-corrected chi connectivity index (χ0v) is 12.7. The molecule has 0 radical (unpaired) electrons. The van der Waals surface area contributed by atoms with Crippen LogP contribution in [0.25, 0.3) is 10.9 Å². The Labute approximate surface area is 134 Å². The Balaban J connectivity index is 1.77. The van der Waals surface area contributed by atoms with Crippen LogP contribution in [0, 0.1) is 0 Å². The molecule has 0 fully saturated rings. The maximum atomic E-state index is 10.6. The highest BCUT2D eigenvalue weighted by Gasteiger charge is 2.04. The summed E-state index contributed by atoms with van der Waals surface area (Å²) in [5.74, 6) is 0. The standard InChI is InChI=1S/C18H19N3O2/c19-10-15-5-6-16-7-8-21(17(16)9-15)11-13-1-3-14(4-2-13)12-23-18(20)22/h1-9H,10-12,19H2,(H2,20,22). The number of nitrogens with two attached hydrogens (primary N) is 2. The van der Waals surface area contributed by atoms with Gasteiger partial charge in [0.1, 0.15) is 6.61 Å². The zero-order valence-electron chi connectivity index (χ0n) is 12.7. The van der Waals surface area contributed by atoms with Crippen LogP contribution in [0.1, 0.15) is 16.7 Å². The predicted octanol–water partition coefficient (Wildman–Crippen LogP) is 2.74. The molecule has 1 aromatic heterocycles. The number of benzene rings is 2. The number of ether oxygens (including phenoxy) is 1. The maximum Gasteiger partial charge on any atom is 0.404 e. The maximum absolute atomic E-state index is 10.6. The Morgan fingerprint density at radius 1 is 1.00 bits per heavy atom. The molecule has 0 atom stereocenters. The number of carbonyl (C=O) groups excluding carboxylic acids is 1. The SMILES string of the molecule is NCc1ccc2ccn(Cc3ccc(COC(N)=O)cc3)c2c1. The van der Waals surface area contributed by atoms with E-state index >= 15 is 0 Å². The van der Waals surface area contributed by atoms with Crippen molar-refractivity contribution in [1.29, 1.82) is 0 Å². The fraction of sp³-hybridized carbons (Fsp3) is 0.167. The molecule has 2 aromatic carbocycles. The summed E-state index contributed by atoms with van der Waals surface area (Å²) in [4.78, 5) is 10.6. The summed E-state index contributed by atoms with van der Waals surface area (Å²) in [6, 6.07) is 16.3. The molecule has 5 heteroatoms. The molecular weight excluding hydrogens is 290 g/mol. The summed E-state index contributed by atoms with van der Waals surface area (Å²) in [6.45, 7) is 1.51. The molecule has 4 N–H and O–H groups in total. The molecule has 1 amide bonds. The zero-order chi connectivity index (χ0) is 16.2. The van der Waals surface area contributed by atoms with Gasteiger partial charge in [-0.2, -0.15) is 0 Å². The van der Waals surface area contributed by atoms with E-state index in [0.29, 0.717) is 6.54 Å². The molecule has 3 aromatic rings. The Morgan fingerprint density at radius 2 is 1.70 bits per heavy atom. The third-order valence-electron chi connectivity index (χ3n) is 3.83. The third-order valence-corrected chi connectivity index (χ3v) is 3.83. The van der Waals surface area contributed by atoms with E-state index in [-0.39, 0.29) is 6.61 Å². The number of nitrogens with zero attached hydrogens (tertiary/aromatic N) is 1. The van der Waals surface area contributed by atoms with Gasteiger partial charge in [0.15, 0.2) is 0 Å². The van der Waals surface area contributed by atoms with Gasteiger partial charge in [-0.05, 0) is 34.2 Å². The minimum atomic E-state index is -0.761. The number of carbonyl (C=O) groups is 1. The lowest BCUT2D eigenvalue weighted by atomic mass is 10.1. The molecule has 0 aliphatic rings. The van der Waals surface area contributed by atoms with Crippen LogP contribution in [-0.2, 0) is 24.4 Å². The molecule has 23 heavy (non-hydrogen) atoms. The lowest BCUT2D eigenvalue weighted by Gasteiger charge is -2.08. The summed E-state index contributed by atoms with van der Waals surface area (Å²) in [5, 5.41) is 1.20. The first-order valence-electron chi connectivity index (χ1n) is 7.43. The van der Waals surface area contributed by atoms with E-state index in [9.17, 15) is 4.79 Å². The van der Waals surface area contributed by atoms with E-state index in [1.807, 2.05) is 24.3 Å². The Hall–Kier alpha value is -2.79. The van der Waals surface area contributed by atoms with E-state index in [0.717, 1.165) is 17.7 Å². The average Bonchev–Trinajstić information content (AvgIpc) is 2.96. The van der Waals surface area contributed by atoms with Gasteiger partial charge in [0.05, 0.1) is 0 Å². The van der Waals surface area contributed by atoms with Gasteiger partial charge in [-0.15, -0.1) is 0 Å². The molecule has 3 rings (SSSR count). The smallest absolute Gasteiger partial charge is 0.404 e. The molecule has 118 valence electrons. The van der Waals surface area contributed by atoms with Crippen LogP contribution in [0.4, 0.5) is 4.79 Å². The van der Waals surface area contributed by atoms with Gasteiger partial charge in [0.2, 0.25) is 0 Å². The van der Waals surface area contributed by atoms with Crippen molar-refractivity contribution in [2.45, 2.75) is 19.7 Å². The van der Waals surface area contributed by atoms with E-state index in [1.165, 1.54) is 16.5 Å². The second kappa shape index (κ2) is 6.54. The topological polar surface area (TPSA) is 83.3 Å². The summed E-state index contributed by atoms with van der Waals surface area (Å²) in [6.07, 6.45) is 1.32. The van der Waals surface area contributed by atoms with Crippen LogP contribution in [0.15, 0.2) is 54.7 Å². The van der Waals surface area contributed by atoms with Crippen molar-refractivity contribution in [3.8, 4) is 0 Å². The molecule has 5 nitrogen and oxygen atoms in total. The van der Waals surface area contributed by atoms with Crippen LogP contribution in [0.5, 0.6) is 0 Å². The first-order chi connectivity index (χ1) is 11.2. The molecular formula is C18H19N3O2. The minimum absolute atomic E-state index is 0.196. The number of amides is 1. The molecule has 0 aliphatic carbocycles. The van der Waals surface area contributed by atoms with Crippen molar-refractivity contribution in [2.24, 2.45) is 11.5 Å². The number of aromatic nitrogens is 1. The lowest BCUT2D eigenvalue weighted by molar-refractivity contribution is 0.150. The van der Waals surface area contributed by atoms with Crippen molar-refractivity contribution in [1.82, 2.24) is 4.57 Å². The second-order valence-electron chi connectivity index (χ2n) is 5.47. The normalized spacial score (nSPS) is 10.8. The van der Waals surface area contributed by atoms with E-state index in [1.54, 1.807) is 0 Å². The van der Waals surface area contributed by atoms with Crippen molar-refractivity contribution in [2.75, 3.05) is 0 Å². The Kier molecular flexibility index (Phi) is 4.30. The number of fused-ring (bicyclic) bond motifs is 1. The van der Waals surface area contributed by atoms with Crippen LogP contribution in [-0.4, -0.2) is 10.7 Å². The summed E-state index contributed by atoms with van der Waals surface area (Å²) < 4.78 is 6.98. The van der Waals surface area contributed by atoms with Crippen molar-refractivity contribution >= 4 is 17.0 Å². The molecule has 0 saturated heterocycles. The summed E-state index contributed by atoms with van der Waals surface area (Å²) in [7, 11) is 0. The second-order valence-corrected chi connectivity index (χ2v) is 5.47. The van der Waals surface area contributed by atoms with E-state index < -0.39 is 6.09 Å². The predicted molar refractivity (Wildman–Crippen MR) is 89.7 cm³/mol. The molecule has 1 heterocycles. The van der Waals surface area contributed by atoms with Gasteiger partial charge in [0.25, 0.3) is 0 Å². The first-order valence-corrected chi connectivity index (χ1v) is 7.43. The highest BCUT2D eigenvalue weighted by molar-refractivity contribution is 5.81. The van der Waals surface area contributed by atoms with Crippen molar-refractivity contribution in [3.63, 3.8) is 0 Å². The highest BCUT2D eigenvalue weighted by Crippen LogP contribution is 2.19. The quantitative estimate of drug-likeness (QED) is 0.760. The largest absolute Gasteiger partial charge is 0.445 e. The van der Waals surface area contributed by atoms with Gasteiger partial charge in [-0.1, -0.05) is 36.4 Å². The monoisotopic (exact) mass is 309 g/mol. The van der Waals surface area contributed by atoms with Gasteiger partial charge >= 0.3 is 6.09 Å². The van der Waals surface area contributed by atoms with Crippen LogP contribution < -0.4 is 11.5 Å². The molecule has 0 aliphatic heterocycles. The fourth-order valence-corrected chi connectivity index (χ4v) is 2.59. The third kappa shape index (κ3) is 3.52. The van der Waals surface area contributed by atoms with Crippen molar-refractivity contribution < 1.29 is 9.53 Å². The molecule has 0 spiro atoms.